The molecule has 1 atom stereocenters. The molecule has 0 spiro atoms. The highest BCUT2D eigenvalue weighted by atomic mass is 16.3. The summed E-state index contributed by atoms with van der Waals surface area (Å²) in [6.07, 6.45) is 4.69. The molecule has 1 aromatic rings. The van der Waals surface area contributed by atoms with Gasteiger partial charge in [0.05, 0.1) is 6.10 Å². The third-order valence-electron chi connectivity index (χ3n) is 4.21. The van der Waals surface area contributed by atoms with E-state index < -0.39 is 0 Å². The first-order valence-corrected chi connectivity index (χ1v) is 7.49. The van der Waals surface area contributed by atoms with Crippen molar-refractivity contribution >= 4 is 0 Å². The SMILES string of the molecule is Cc1cc(C)cc(C(O)CCN(C)CC2CCC2)c1. The maximum absolute atomic E-state index is 10.3. The minimum absolute atomic E-state index is 0.331. The lowest BCUT2D eigenvalue weighted by Crippen LogP contribution is -2.30. The van der Waals surface area contributed by atoms with Gasteiger partial charge in [-0.3, -0.25) is 0 Å². The highest BCUT2D eigenvalue weighted by Gasteiger charge is 2.19. The van der Waals surface area contributed by atoms with E-state index in [1.54, 1.807) is 0 Å². The highest BCUT2D eigenvalue weighted by Crippen LogP contribution is 2.27. The molecule has 1 unspecified atom stereocenters. The van der Waals surface area contributed by atoms with Crippen LogP contribution in [0.15, 0.2) is 18.2 Å². The monoisotopic (exact) mass is 261 g/mol. The molecule has 2 heteroatoms. The molecular weight excluding hydrogens is 234 g/mol. The summed E-state index contributed by atoms with van der Waals surface area (Å²) in [7, 11) is 2.17. The first-order chi connectivity index (χ1) is 9.04. The Morgan fingerprint density at radius 2 is 1.84 bits per heavy atom. The van der Waals surface area contributed by atoms with Crippen LogP contribution < -0.4 is 0 Å². The van der Waals surface area contributed by atoms with E-state index in [2.05, 4.69) is 44.0 Å². The van der Waals surface area contributed by atoms with Crippen LogP contribution in [0.1, 0.15) is 48.5 Å². The van der Waals surface area contributed by atoms with E-state index in [1.807, 2.05) is 0 Å². The second-order valence-electron chi connectivity index (χ2n) is 6.28. The molecule has 0 bridgehead atoms. The van der Waals surface area contributed by atoms with Gasteiger partial charge in [-0.05, 0) is 51.6 Å². The Balaban J connectivity index is 1.80. The standard InChI is InChI=1S/C17H27NO/c1-13-9-14(2)11-16(10-13)17(19)7-8-18(3)12-15-5-4-6-15/h9-11,15,17,19H,4-8,12H2,1-3H3. The zero-order chi connectivity index (χ0) is 13.8. The zero-order valence-corrected chi connectivity index (χ0v) is 12.5. The molecular formula is C17H27NO. The first kappa shape index (κ1) is 14.5. The molecule has 0 aliphatic heterocycles. The van der Waals surface area contributed by atoms with Crippen molar-refractivity contribution in [2.24, 2.45) is 5.92 Å². The van der Waals surface area contributed by atoms with Gasteiger partial charge in [0.1, 0.15) is 0 Å². The van der Waals surface area contributed by atoms with Gasteiger partial charge in [0.2, 0.25) is 0 Å². The number of aliphatic hydroxyl groups is 1. The van der Waals surface area contributed by atoms with Crippen molar-refractivity contribution in [2.75, 3.05) is 20.1 Å². The molecule has 1 aliphatic rings. The molecule has 2 nitrogen and oxygen atoms in total. The molecule has 0 heterocycles. The van der Waals surface area contributed by atoms with E-state index in [9.17, 15) is 5.11 Å². The normalized spacial score (nSPS) is 17.5. The molecule has 1 N–H and O–H groups in total. The van der Waals surface area contributed by atoms with Crippen molar-refractivity contribution in [3.8, 4) is 0 Å². The Kier molecular flexibility index (Phi) is 5.00. The maximum atomic E-state index is 10.3. The average molecular weight is 261 g/mol. The van der Waals surface area contributed by atoms with E-state index in [-0.39, 0.29) is 6.10 Å². The van der Waals surface area contributed by atoms with Crippen LogP contribution >= 0.6 is 0 Å². The van der Waals surface area contributed by atoms with Crippen molar-refractivity contribution in [2.45, 2.75) is 45.6 Å². The molecule has 19 heavy (non-hydrogen) atoms. The summed E-state index contributed by atoms with van der Waals surface area (Å²) in [5.74, 6) is 0.906. The molecule has 1 fully saturated rings. The molecule has 1 saturated carbocycles. The molecule has 0 aromatic heterocycles. The van der Waals surface area contributed by atoms with Crippen LogP contribution in [0.5, 0.6) is 0 Å². The summed E-state index contributed by atoms with van der Waals surface area (Å²) < 4.78 is 0. The molecule has 1 aliphatic carbocycles. The lowest BCUT2D eigenvalue weighted by atomic mass is 9.85. The van der Waals surface area contributed by atoms with E-state index >= 15 is 0 Å². The molecule has 0 saturated heterocycles. The fourth-order valence-corrected chi connectivity index (χ4v) is 2.92. The summed E-state index contributed by atoms with van der Waals surface area (Å²) >= 11 is 0. The lowest BCUT2D eigenvalue weighted by molar-refractivity contribution is 0.135. The number of aliphatic hydroxyl groups excluding tert-OH is 1. The Morgan fingerprint density at radius 1 is 1.21 bits per heavy atom. The number of hydrogen-bond donors (Lipinski definition) is 1. The number of nitrogens with zero attached hydrogens (tertiary/aromatic N) is 1. The summed E-state index contributed by atoms with van der Waals surface area (Å²) in [6.45, 7) is 6.35. The Morgan fingerprint density at radius 3 is 2.37 bits per heavy atom. The van der Waals surface area contributed by atoms with Crippen molar-refractivity contribution in [3.05, 3.63) is 34.9 Å². The number of benzene rings is 1. The van der Waals surface area contributed by atoms with Gasteiger partial charge < -0.3 is 10.0 Å². The summed E-state index contributed by atoms with van der Waals surface area (Å²) in [5.41, 5.74) is 3.53. The van der Waals surface area contributed by atoms with Crippen LogP contribution in [0.4, 0.5) is 0 Å². The van der Waals surface area contributed by atoms with Crippen LogP contribution in [0.2, 0.25) is 0 Å². The van der Waals surface area contributed by atoms with Crippen LogP contribution in [0.3, 0.4) is 0 Å². The topological polar surface area (TPSA) is 23.5 Å². The fourth-order valence-electron chi connectivity index (χ4n) is 2.92. The Labute approximate surface area is 117 Å². The maximum Gasteiger partial charge on any atom is 0.0802 e. The van der Waals surface area contributed by atoms with Gasteiger partial charge in [-0.1, -0.05) is 35.7 Å². The van der Waals surface area contributed by atoms with Crippen LogP contribution in [-0.4, -0.2) is 30.1 Å². The summed E-state index contributed by atoms with van der Waals surface area (Å²) in [4.78, 5) is 2.37. The zero-order valence-electron chi connectivity index (χ0n) is 12.5. The van der Waals surface area contributed by atoms with Crippen LogP contribution in [0.25, 0.3) is 0 Å². The molecule has 2 rings (SSSR count). The quantitative estimate of drug-likeness (QED) is 0.847. The van der Waals surface area contributed by atoms with Crippen molar-refractivity contribution in [1.29, 1.82) is 0 Å². The highest BCUT2D eigenvalue weighted by molar-refractivity contribution is 5.29. The third-order valence-corrected chi connectivity index (χ3v) is 4.21. The molecule has 0 amide bonds. The minimum atomic E-state index is -0.331. The second-order valence-corrected chi connectivity index (χ2v) is 6.28. The fraction of sp³-hybridized carbons (Fsp3) is 0.647. The number of hydrogen-bond acceptors (Lipinski definition) is 2. The van der Waals surface area contributed by atoms with E-state index in [0.29, 0.717) is 0 Å². The largest absolute Gasteiger partial charge is 0.388 e. The number of aryl methyl sites for hydroxylation is 2. The molecule has 1 aromatic carbocycles. The van der Waals surface area contributed by atoms with Gasteiger partial charge >= 0.3 is 0 Å². The minimum Gasteiger partial charge on any atom is -0.388 e. The molecule has 106 valence electrons. The second kappa shape index (κ2) is 6.53. The van der Waals surface area contributed by atoms with Crippen LogP contribution in [0, 0.1) is 19.8 Å². The van der Waals surface area contributed by atoms with Crippen molar-refractivity contribution < 1.29 is 5.11 Å². The van der Waals surface area contributed by atoms with Gasteiger partial charge in [-0.15, -0.1) is 0 Å². The van der Waals surface area contributed by atoms with E-state index in [4.69, 9.17) is 0 Å². The van der Waals surface area contributed by atoms with Crippen molar-refractivity contribution in [1.82, 2.24) is 4.90 Å². The summed E-state index contributed by atoms with van der Waals surface area (Å²) in [6, 6.07) is 6.35. The summed E-state index contributed by atoms with van der Waals surface area (Å²) in [5, 5.41) is 10.3. The first-order valence-electron chi connectivity index (χ1n) is 7.49. The predicted molar refractivity (Wildman–Crippen MR) is 80.3 cm³/mol. The van der Waals surface area contributed by atoms with Crippen molar-refractivity contribution in [3.63, 3.8) is 0 Å². The van der Waals surface area contributed by atoms with Gasteiger partial charge in [0, 0.05) is 13.1 Å². The molecule has 0 radical (unpaired) electrons. The lowest BCUT2D eigenvalue weighted by Gasteiger charge is -2.30. The third kappa shape index (κ3) is 4.32. The van der Waals surface area contributed by atoms with Gasteiger partial charge in [0.15, 0.2) is 0 Å². The van der Waals surface area contributed by atoms with Gasteiger partial charge in [0.25, 0.3) is 0 Å². The smallest absolute Gasteiger partial charge is 0.0802 e. The van der Waals surface area contributed by atoms with Gasteiger partial charge in [-0.2, -0.15) is 0 Å². The predicted octanol–water partition coefficient (Wildman–Crippen LogP) is 3.46. The van der Waals surface area contributed by atoms with Gasteiger partial charge in [-0.25, -0.2) is 0 Å². The van der Waals surface area contributed by atoms with E-state index in [1.165, 1.54) is 36.9 Å². The number of rotatable bonds is 6. The average Bonchev–Trinajstić information content (AvgIpc) is 2.29. The Bertz CT molecular complexity index is 391. The van der Waals surface area contributed by atoms with Crippen LogP contribution in [-0.2, 0) is 0 Å². The Hall–Kier alpha value is -0.860. The van der Waals surface area contributed by atoms with E-state index in [0.717, 1.165) is 24.4 Å².